The monoisotopic (exact) mass is 312 g/mol. The van der Waals surface area contributed by atoms with Crippen molar-refractivity contribution in [1.82, 2.24) is 20.0 Å². The Kier molecular flexibility index (Phi) is 4.76. The highest BCUT2D eigenvalue weighted by Gasteiger charge is 2.27. The van der Waals surface area contributed by atoms with Gasteiger partial charge < -0.3 is 5.32 Å². The molecule has 0 saturated heterocycles. The molecule has 1 aromatic heterocycles. The zero-order chi connectivity index (χ0) is 16.2. The highest BCUT2D eigenvalue weighted by molar-refractivity contribution is 5.76. The molecule has 5 nitrogen and oxygen atoms in total. The molecule has 1 atom stereocenters. The van der Waals surface area contributed by atoms with E-state index in [0.29, 0.717) is 6.42 Å². The van der Waals surface area contributed by atoms with Crippen LogP contribution in [0, 0.1) is 0 Å². The van der Waals surface area contributed by atoms with Crippen molar-refractivity contribution in [1.29, 1.82) is 0 Å². The number of hydrogen-bond acceptors (Lipinski definition) is 3. The standard InChI is InChI=1S/C18H24N4O/c1-3-14-4-6-15(7-5-14)11-21-12-16-8-9-20-22(16)17(13-21)10-18(23)19-2/h4-9,17H,3,10-13H2,1-2H3,(H,19,23)/t17-/m0/s1. The van der Waals surface area contributed by atoms with Gasteiger partial charge in [-0.3, -0.25) is 14.4 Å². The number of amides is 1. The number of rotatable bonds is 5. The summed E-state index contributed by atoms with van der Waals surface area (Å²) >= 11 is 0. The van der Waals surface area contributed by atoms with Crippen LogP contribution < -0.4 is 5.32 Å². The van der Waals surface area contributed by atoms with Crippen LogP contribution in [-0.2, 0) is 24.3 Å². The van der Waals surface area contributed by atoms with E-state index in [4.69, 9.17) is 0 Å². The fourth-order valence-electron chi connectivity index (χ4n) is 3.19. The van der Waals surface area contributed by atoms with Crippen molar-refractivity contribution in [3.05, 3.63) is 53.3 Å². The van der Waals surface area contributed by atoms with Gasteiger partial charge in [0.15, 0.2) is 0 Å². The zero-order valence-electron chi connectivity index (χ0n) is 13.8. The first-order valence-corrected chi connectivity index (χ1v) is 8.22. The van der Waals surface area contributed by atoms with E-state index < -0.39 is 0 Å². The normalized spacial score (nSPS) is 17.7. The van der Waals surface area contributed by atoms with E-state index >= 15 is 0 Å². The number of aryl methyl sites for hydroxylation is 1. The third-order valence-electron chi connectivity index (χ3n) is 4.49. The predicted octanol–water partition coefficient (Wildman–Crippen LogP) is 2.14. The summed E-state index contributed by atoms with van der Waals surface area (Å²) in [7, 11) is 1.68. The van der Waals surface area contributed by atoms with E-state index in [9.17, 15) is 4.79 Å². The first-order valence-electron chi connectivity index (χ1n) is 8.22. The largest absolute Gasteiger partial charge is 0.359 e. The zero-order valence-corrected chi connectivity index (χ0v) is 13.8. The maximum Gasteiger partial charge on any atom is 0.221 e. The van der Waals surface area contributed by atoms with E-state index in [1.54, 1.807) is 7.05 Å². The van der Waals surface area contributed by atoms with Crippen molar-refractivity contribution < 1.29 is 4.79 Å². The van der Waals surface area contributed by atoms with Gasteiger partial charge in [0.1, 0.15) is 0 Å². The van der Waals surface area contributed by atoms with Gasteiger partial charge in [-0.05, 0) is 23.6 Å². The van der Waals surface area contributed by atoms with Crippen LogP contribution in [-0.4, -0.2) is 34.2 Å². The number of carbonyl (C=O) groups is 1. The van der Waals surface area contributed by atoms with Crippen molar-refractivity contribution in [2.45, 2.75) is 38.9 Å². The lowest BCUT2D eigenvalue weighted by molar-refractivity contribution is -0.121. The summed E-state index contributed by atoms with van der Waals surface area (Å²) in [5, 5.41) is 7.11. The van der Waals surface area contributed by atoms with Crippen LogP contribution in [0.25, 0.3) is 0 Å². The Morgan fingerprint density at radius 3 is 2.70 bits per heavy atom. The average Bonchev–Trinajstić information content (AvgIpc) is 3.04. The second-order valence-corrected chi connectivity index (χ2v) is 6.14. The molecule has 0 unspecified atom stereocenters. The van der Waals surface area contributed by atoms with Gasteiger partial charge in [-0.2, -0.15) is 5.10 Å². The van der Waals surface area contributed by atoms with Crippen molar-refractivity contribution in [3.63, 3.8) is 0 Å². The van der Waals surface area contributed by atoms with Gasteiger partial charge in [0.25, 0.3) is 0 Å². The third kappa shape index (κ3) is 3.62. The van der Waals surface area contributed by atoms with E-state index in [0.717, 1.165) is 26.1 Å². The number of nitrogens with zero attached hydrogens (tertiary/aromatic N) is 3. The maximum absolute atomic E-state index is 11.8. The van der Waals surface area contributed by atoms with Crippen LogP contribution in [0.4, 0.5) is 0 Å². The molecule has 2 heterocycles. The highest BCUT2D eigenvalue weighted by atomic mass is 16.1. The third-order valence-corrected chi connectivity index (χ3v) is 4.49. The minimum Gasteiger partial charge on any atom is -0.359 e. The smallest absolute Gasteiger partial charge is 0.221 e. The summed E-state index contributed by atoms with van der Waals surface area (Å²) in [5.74, 6) is 0.0607. The van der Waals surface area contributed by atoms with Gasteiger partial charge in [-0.25, -0.2) is 0 Å². The van der Waals surface area contributed by atoms with Crippen molar-refractivity contribution >= 4 is 5.91 Å². The lowest BCUT2D eigenvalue weighted by Gasteiger charge is -2.33. The molecule has 23 heavy (non-hydrogen) atoms. The van der Waals surface area contributed by atoms with Gasteiger partial charge in [-0.1, -0.05) is 31.2 Å². The molecule has 0 bridgehead atoms. The molecule has 0 saturated carbocycles. The lowest BCUT2D eigenvalue weighted by Crippen LogP contribution is -2.39. The van der Waals surface area contributed by atoms with Gasteiger partial charge in [0.05, 0.1) is 18.2 Å². The van der Waals surface area contributed by atoms with Crippen LogP contribution in [0.2, 0.25) is 0 Å². The van der Waals surface area contributed by atoms with Gasteiger partial charge >= 0.3 is 0 Å². The number of hydrogen-bond donors (Lipinski definition) is 1. The highest BCUT2D eigenvalue weighted by Crippen LogP contribution is 2.24. The second-order valence-electron chi connectivity index (χ2n) is 6.14. The van der Waals surface area contributed by atoms with Gasteiger partial charge in [0, 0.05) is 32.9 Å². The summed E-state index contributed by atoms with van der Waals surface area (Å²) in [5.41, 5.74) is 3.85. The summed E-state index contributed by atoms with van der Waals surface area (Å²) in [6.45, 7) is 4.79. The molecule has 5 heteroatoms. The Labute approximate surface area is 137 Å². The Bertz CT molecular complexity index is 662. The fraction of sp³-hybridized carbons (Fsp3) is 0.444. The molecule has 3 rings (SSSR count). The van der Waals surface area contributed by atoms with Crippen LogP contribution in [0.1, 0.15) is 36.2 Å². The lowest BCUT2D eigenvalue weighted by atomic mass is 10.1. The summed E-state index contributed by atoms with van der Waals surface area (Å²) in [6, 6.07) is 11.0. The molecule has 1 aliphatic rings. The van der Waals surface area contributed by atoms with E-state index in [-0.39, 0.29) is 11.9 Å². The van der Waals surface area contributed by atoms with Crippen LogP contribution in [0.5, 0.6) is 0 Å². The predicted molar refractivity (Wildman–Crippen MR) is 89.9 cm³/mol. The molecule has 2 aromatic rings. The SMILES string of the molecule is CCc1ccc(CN2Cc3ccnn3[C@@H](CC(=O)NC)C2)cc1. The van der Waals surface area contributed by atoms with Crippen molar-refractivity contribution in [3.8, 4) is 0 Å². The van der Waals surface area contributed by atoms with Crippen LogP contribution in [0.15, 0.2) is 36.5 Å². The van der Waals surface area contributed by atoms with Gasteiger partial charge in [-0.15, -0.1) is 0 Å². The summed E-state index contributed by atoms with van der Waals surface area (Å²) in [4.78, 5) is 14.2. The first-order chi connectivity index (χ1) is 11.2. The molecule has 0 fully saturated rings. The second kappa shape index (κ2) is 6.96. The minimum absolute atomic E-state index is 0.0607. The van der Waals surface area contributed by atoms with E-state index in [2.05, 4.69) is 46.5 Å². The van der Waals surface area contributed by atoms with Crippen molar-refractivity contribution in [2.24, 2.45) is 0 Å². The molecular weight excluding hydrogens is 288 g/mol. The quantitative estimate of drug-likeness (QED) is 0.920. The molecule has 1 aromatic carbocycles. The van der Waals surface area contributed by atoms with Crippen molar-refractivity contribution in [2.75, 3.05) is 13.6 Å². The Hall–Kier alpha value is -2.14. The Morgan fingerprint density at radius 1 is 1.26 bits per heavy atom. The molecule has 0 aliphatic carbocycles. The molecule has 122 valence electrons. The number of nitrogens with one attached hydrogen (secondary N) is 1. The minimum atomic E-state index is 0.0607. The molecule has 1 amide bonds. The molecule has 0 spiro atoms. The molecular formula is C18H24N4O. The van der Waals surface area contributed by atoms with Crippen LogP contribution >= 0.6 is 0 Å². The fourth-order valence-corrected chi connectivity index (χ4v) is 3.19. The number of aromatic nitrogens is 2. The Balaban J connectivity index is 1.72. The average molecular weight is 312 g/mol. The number of benzene rings is 1. The summed E-state index contributed by atoms with van der Waals surface area (Å²) < 4.78 is 2.01. The topological polar surface area (TPSA) is 50.2 Å². The first kappa shape index (κ1) is 15.7. The molecule has 1 aliphatic heterocycles. The molecule has 1 N–H and O–H groups in total. The number of carbonyl (C=O) groups excluding carboxylic acids is 1. The molecule has 0 radical (unpaired) electrons. The number of fused-ring (bicyclic) bond motifs is 1. The van der Waals surface area contributed by atoms with Gasteiger partial charge in [0.2, 0.25) is 5.91 Å². The Morgan fingerprint density at radius 2 is 2.00 bits per heavy atom. The van der Waals surface area contributed by atoms with Crippen LogP contribution in [0.3, 0.4) is 0 Å². The maximum atomic E-state index is 11.8. The summed E-state index contributed by atoms with van der Waals surface area (Å²) in [6.07, 6.45) is 3.36. The van der Waals surface area contributed by atoms with E-state index in [1.807, 2.05) is 16.9 Å². The van der Waals surface area contributed by atoms with E-state index in [1.165, 1.54) is 16.8 Å².